The largest absolute Gasteiger partial charge is 0.479 e. The molecule has 0 aliphatic heterocycles. The average molecular weight is 501 g/mol. The molecule has 1 aliphatic rings. The van der Waals surface area contributed by atoms with Crippen LogP contribution in [0.2, 0.25) is 5.02 Å². The summed E-state index contributed by atoms with van der Waals surface area (Å²) in [6.45, 7) is 2.94. The first kappa shape index (κ1) is 22.4. The Morgan fingerprint density at radius 1 is 1.24 bits per heavy atom. The molecule has 4 aromatic heterocycles. The molecule has 0 bridgehead atoms. The molecule has 0 saturated heterocycles. The van der Waals surface area contributed by atoms with E-state index < -0.39 is 6.03 Å². The minimum Gasteiger partial charge on any atom is -0.479 e. The molecule has 13 heteroatoms. The van der Waals surface area contributed by atoms with Crippen LogP contribution in [0.5, 0.6) is 5.88 Å². The number of methoxy groups -OCH3 is 1. The third kappa shape index (κ3) is 4.79. The van der Waals surface area contributed by atoms with Crippen molar-refractivity contribution in [2.75, 3.05) is 24.4 Å². The van der Waals surface area contributed by atoms with Crippen molar-refractivity contribution < 1.29 is 14.3 Å². The van der Waals surface area contributed by atoms with Gasteiger partial charge in [-0.2, -0.15) is 15.2 Å². The normalized spacial score (nSPS) is 13.3. The third-order valence-corrected chi connectivity index (χ3v) is 6.31. The van der Waals surface area contributed by atoms with Gasteiger partial charge in [0.1, 0.15) is 16.0 Å². The summed E-state index contributed by atoms with van der Waals surface area (Å²) < 4.78 is 11.2. The molecule has 1 aliphatic carbocycles. The minimum absolute atomic E-state index is 0.156. The van der Waals surface area contributed by atoms with Crippen molar-refractivity contribution in [2.45, 2.75) is 26.4 Å². The summed E-state index contributed by atoms with van der Waals surface area (Å²) in [6, 6.07) is 1.01. The van der Waals surface area contributed by atoms with E-state index in [9.17, 15) is 4.79 Å². The van der Waals surface area contributed by atoms with Crippen LogP contribution in [0.15, 0.2) is 24.7 Å². The van der Waals surface area contributed by atoms with Gasteiger partial charge in [0.05, 0.1) is 48.0 Å². The number of carbonyl (C=O) groups is 1. The first-order valence-corrected chi connectivity index (χ1v) is 11.7. The van der Waals surface area contributed by atoms with Crippen molar-refractivity contribution in [2.24, 2.45) is 5.92 Å². The lowest BCUT2D eigenvalue weighted by atomic mass is 10.2. The van der Waals surface area contributed by atoms with Crippen LogP contribution in [-0.4, -0.2) is 49.7 Å². The number of aromatic nitrogens is 6. The summed E-state index contributed by atoms with van der Waals surface area (Å²) in [6.07, 6.45) is 7.02. The second-order valence-electron chi connectivity index (χ2n) is 7.74. The van der Waals surface area contributed by atoms with Gasteiger partial charge in [-0.25, -0.2) is 14.8 Å². The van der Waals surface area contributed by atoms with E-state index in [1.54, 1.807) is 6.20 Å². The predicted molar refractivity (Wildman–Crippen MR) is 128 cm³/mol. The molecule has 4 heterocycles. The van der Waals surface area contributed by atoms with Crippen LogP contribution in [0.3, 0.4) is 0 Å². The zero-order chi connectivity index (χ0) is 23.7. The Bertz CT molecular complexity index is 1340. The molecule has 0 radical (unpaired) electrons. The van der Waals surface area contributed by atoms with E-state index in [1.807, 2.05) is 6.92 Å². The smallest absolute Gasteiger partial charge is 0.323 e. The quantitative estimate of drug-likeness (QED) is 0.368. The number of rotatable bonds is 8. The first-order valence-electron chi connectivity index (χ1n) is 10.5. The third-order valence-electron chi connectivity index (χ3n) is 5.16. The summed E-state index contributed by atoms with van der Waals surface area (Å²) in [5.41, 5.74) is 2.32. The van der Waals surface area contributed by atoms with E-state index in [-0.39, 0.29) is 22.4 Å². The number of hydrogen-bond acceptors (Lipinski definition) is 9. The molecule has 1 fully saturated rings. The first-order chi connectivity index (χ1) is 16.5. The van der Waals surface area contributed by atoms with Crippen molar-refractivity contribution in [3.05, 3.63) is 40.3 Å². The number of urea groups is 1. The maximum atomic E-state index is 12.9. The molecule has 0 aromatic carbocycles. The highest BCUT2D eigenvalue weighted by Gasteiger charge is 2.23. The van der Waals surface area contributed by atoms with E-state index in [1.165, 1.54) is 54.5 Å². The van der Waals surface area contributed by atoms with Gasteiger partial charge in [-0.3, -0.25) is 0 Å². The Balaban J connectivity index is 1.37. The van der Waals surface area contributed by atoms with Gasteiger partial charge in [0.2, 0.25) is 5.88 Å². The summed E-state index contributed by atoms with van der Waals surface area (Å²) in [4.78, 5) is 28.3. The second kappa shape index (κ2) is 9.49. The predicted octanol–water partition coefficient (Wildman–Crippen LogP) is 4.21. The van der Waals surface area contributed by atoms with E-state index in [0.29, 0.717) is 24.8 Å². The topological polar surface area (TPSA) is 129 Å². The van der Waals surface area contributed by atoms with Crippen LogP contribution in [-0.2, 0) is 11.3 Å². The molecule has 2 amide bonds. The van der Waals surface area contributed by atoms with Crippen molar-refractivity contribution in [3.63, 3.8) is 0 Å². The molecule has 0 atom stereocenters. The van der Waals surface area contributed by atoms with Gasteiger partial charge in [-0.15, -0.1) is 4.80 Å². The number of fused-ring (bicyclic) bond motifs is 1. The lowest BCUT2D eigenvalue weighted by Gasteiger charge is -2.14. The number of halogens is 1. The van der Waals surface area contributed by atoms with Crippen molar-refractivity contribution in [3.8, 4) is 11.7 Å². The van der Waals surface area contributed by atoms with Crippen LogP contribution >= 0.6 is 22.9 Å². The number of pyridine rings is 2. The minimum atomic E-state index is -0.516. The summed E-state index contributed by atoms with van der Waals surface area (Å²) in [5, 5.41) is 14.8. The molecular formula is C21H21ClN8O3S. The van der Waals surface area contributed by atoms with Crippen LogP contribution in [0.1, 0.15) is 23.4 Å². The van der Waals surface area contributed by atoms with Crippen LogP contribution in [0.4, 0.5) is 16.2 Å². The Labute approximate surface area is 203 Å². The number of amides is 2. The number of ether oxygens (including phenoxy) is 2. The second-order valence-corrected chi connectivity index (χ2v) is 9.33. The van der Waals surface area contributed by atoms with Gasteiger partial charge in [0.25, 0.3) is 0 Å². The molecule has 0 unspecified atom stereocenters. The van der Waals surface area contributed by atoms with Gasteiger partial charge >= 0.3 is 6.03 Å². The number of nitrogens with zero attached hydrogens (tertiary/aromatic N) is 6. The lowest BCUT2D eigenvalue weighted by molar-refractivity contribution is 0.112. The van der Waals surface area contributed by atoms with Gasteiger partial charge in [0.15, 0.2) is 5.82 Å². The highest BCUT2D eigenvalue weighted by Crippen LogP contribution is 2.33. The van der Waals surface area contributed by atoms with Gasteiger partial charge in [-0.1, -0.05) is 22.9 Å². The molecule has 5 rings (SSSR count). The molecule has 176 valence electrons. The van der Waals surface area contributed by atoms with Gasteiger partial charge in [0, 0.05) is 12.2 Å². The Hall–Kier alpha value is -3.35. The fraction of sp³-hybridized carbons (Fsp3) is 0.333. The van der Waals surface area contributed by atoms with Crippen molar-refractivity contribution in [1.29, 1.82) is 0 Å². The molecule has 11 nitrogen and oxygen atoms in total. The summed E-state index contributed by atoms with van der Waals surface area (Å²) in [7, 11) is 1.44. The monoisotopic (exact) mass is 500 g/mol. The zero-order valence-electron chi connectivity index (χ0n) is 18.4. The Morgan fingerprint density at radius 2 is 2.00 bits per heavy atom. The number of carbonyl (C=O) groups excluding carboxylic acids is 1. The SMILES string of the molecule is COc1nc(-n2nccn2)c(Cl)cc1NC(=O)Nc1cnc2sc(C)nc2c1COCC1CC1. The number of aryl methyl sites for hydroxylation is 1. The number of anilines is 2. The highest BCUT2D eigenvalue weighted by molar-refractivity contribution is 7.18. The number of thiazole rings is 1. The van der Waals surface area contributed by atoms with Crippen LogP contribution in [0, 0.1) is 12.8 Å². The van der Waals surface area contributed by atoms with E-state index in [4.69, 9.17) is 21.1 Å². The maximum absolute atomic E-state index is 12.9. The van der Waals surface area contributed by atoms with Crippen molar-refractivity contribution >= 4 is 50.7 Å². The average Bonchev–Trinajstić information content (AvgIpc) is 3.31. The fourth-order valence-electron chi connectivity index (χ4n) is 3.34. The van der Waals surface area contributed by atoms with Crippen LogP contribution < -0.4 is 15.4 Å². The number of hydrogen-bond donors (Lipinski definition) is 2. The van der Waals surface area contributed by atoms with E-state index in [2.05, 4.69) is 35.8 Å². The lowest BCUT2D eigenvalue weighted by Crippen LogP contribution is -2.21. The highest BCUT2D eigenvalue weighted by atomic mass is 35.5. The van der Waals surface area contributed by atoms with Gasteiger partial charge in [-0.05, 0) is 31.7 Å². The molecular weight excluding hydrogens is 480 g/mol. The maximum Gasteiger partial charge on any atom is 0.323 e. The zero-order valence-corrected chi connectivity index (χ0v) is 20.0. The molecule has 4 aromatic rings. The fourth-order valence-corrected chi connectivity index (χ4v) is 4.36. The van der Waals surface area contributed by atoms with E-state index in [0.717, 1.165) is 20.9 Å². The number of nitrogens with one attached hydrogen (secondary N) is 2. The van der Waals surface area contributed by atoms with Crippen molar-refractivity contribution in [1.82, 2.24) is 29.9 Å². The Morgan fingerprint density at radius 3 is 2.74 bits per heavy atom. The van der Waals surface area contributed by atoms with E-state index >= 15 is 0 Å². The summed E-state index contributed by atoms with van der Waals surface area (Å²) in [5.74, 6) is 1.06. The molecule has 34 heavy (non-hydrogen) atoms. The molecule has 1 saturated carbocycles. The summed E-state index contributed by atoms with van der Waals surface area (Å²) >= 11 is 7.85. The standard InChI is InChI=1S/C21H21ClN8O3S/c1-11-26-17-13(10-33-9-12-3-4-12)16(8-23-20(17)34-11)28-21(31)27-15-7-14(22)18(29-19(15)32-2)30-24-5-6-25-30/h5-8,12H,3-4,9-10H2,1-2H3,(H2,27,28,31). The van der Waals surface area contributed by atoms with Crippen LogP contribution in [0.25, 0.3) is 16.2 Å². The molecule has 2 N–H and O–H groups in total. The molecule has 0 spiro atoms. The Kier molecular flexibility index (Phi) is 6.26. The van der Waals surface area contributed by atoms with Gasteiger partial charge < -0.3 is 20.1 Å².